The number of ether oxygens (including phenoxy) is 2. The molecule has 0 fully saturated rings. The lowest BCUT2D eigenvalue weighted by atomic mass is 10.0. The van der Waals surface area contributed by atoms with Gasteiger partial charge in [0.05, 0.1) is 17.6 Å². The van der Waals surface area contributed by atoms with E-state index in [0.717, 1.165) is 16.8 Å². The number of nitro groups is 1. The van der Waals surface area contributed by atoms with Crippen LogP contribution in [0.25, 0.3) is 16.8 Å². The van der Waals surface area contributed by atoms with Gasteiger partial charge in [-0.15, -0.1) is 0 Å². The van der Waals surface area contributed by atoms with Crippen LogP contribution < -0.4 is 14.8 Å². The van der Waals surface area contributed by atoms with Gasteiger partial charge >= 0.3 is 5.97 Å². The molecule has 0 spiro atoms. The SMILES string of the molecule is COc1ccc(/C=C(\C#N)C(=O)Nc2ccc(Cl)c([N+](=O)[O-])c2)cc1OC(=O)c1cccc2ccccc12. The summed E-state index contributed by atoms with van der Waals surface area (Å²) in [4.78, 5) is 36.1. The molecule has 0 radical (unpaired) electrons. The third-order valence-electron chi connectivity index (χ3n) is 5.48. The maximum absolute atomic E-state index is 13.0. The molecule has 4 aromatic rings. The molecule has 9 nitrogen and oxygen atoms in total. The smallest absolute Gasteiger partial charge is 0.344 e. The molecular weight excluding hydrogens is 510 g/mol. The summed E-state index contributed by atoms with van der Waals surface area (Å²) >= 11 is 5.80. The molecule has 38 heavy (non-hydrogen) atoms. The van der Waals surface area contributed by atoms with Crippen LogP contribution in [0.3, 0.4) is 0 Å². The van der Waals surface area contributed by atoms with Gasteiger partial charge in [-0.3, -0.25) is 14.9 Å². The van der Waals surface area contributed by atoms with Gasteiger partial charge in [-0.05, 0) is 52.7 Å². The molecule has 0 aromatic heterocycles. The Morgan fingerprint density at radius 2 is 1.79 bits per heavy atom. The van der Waals surface area contributed by atoms with E-state index >= 15 is 0 Å². The Bertz CT molecular complexity index is 1650. The molecule has 4 aromatic carbocycles. The minimum absolute atomic E-state index is 0.0882. The molecule has 10 heteroatoms. The van der Waals surface area contributed by atoms with Gasteiger partial charge in [0, 0.05) is 11.8 Å². The third-order valence-corrected chi connectivity index (χ3v) is 5.80. The van der Waals surface area contributed by atoms with Gasteiger partial charge in [0.15, 0.2) is 11.5 Å². The average Bonchev–Trinajstić information content (AvgIpc) is 2.92. The summed E-state index contributed by atoms with van der Waals surface area (Å²) in [5.41, 5.74) is 0.145. The number of nitriles is 1. The van der Waals surface area contributed by atoms with Crippen molar-refractivity contribution in [3.63, 3.8) is 0 Å². The molecule has 0 unspecified atom stereocenters. The summed E-state index contributed by atoms with van der Waals surface area (Å²) in [5, 5.41) is 24.6. The van der Waals surface area contributed by atoms with Crippen molar-refractivity contribution in [2.75, 3.05) is 12.4 Å². The number of hydrogen-bond acceptors (Lipinski definition) is 7. The molecule has 0 aliphatic heterocycles. The van der Waals surface area contributed by atoms with E-state index in [9.17, 15) is 25.0 Å². The number of carbonyl (C=O) groups excluding carboxylic acids is 2. The summed E-state index contributed by atoms with van der Waals surface area (Å²) in [5.74, 6) is -1.05. The number of carbonyl (C=O) groups is 2. The molecule has 0 saturated carbocycles. The van der Waals surface area contributed by atoms with Gasteiger partial charge in [-0.25, -0.2) is 4.79 Å². The maximum Gasteiger partial charge on any atom is 0.344 e. The van der Waals surface area contributed by atoms with Crippen LogP contribution in [0.2, 0.25) is 5.02 Å². The molecule has 0 aliphatic carbocycles. The molecule has 0 heterocycles. The van der Waals surface area contributed by atoms with Crippen molar-refractivity contribution in [1.29, 1.82) is 5.26 Å². The number of benzene rings is 4. The van der Waals surface area contributed by atoms with E-state index in [1.165, 1.54) is 37.5 Å². The first-order chi connectivity index (χ1) is 18.3. The third kappa shape index (κ3) is 5.61. The highest BCUT2D eigenvalue weighted by molar-refractivity contribution is 6.32. The number of amides is 1. The molecule has 188 valence electrons. The van der Waals surface area contributed by atoms with Gasteiger partial charge in [0.2, 0.25) is 0 Å². The van der Waals surface area contributed by atoms with Crippen LogP contribution in [0, 0.1) is 21.4 Å². The Kier molecular flexibility index (Phi) is 7.66. The first kappa shape index (κ1) is 25.9. The van der Waals surface area contributed by atoms with E-state index in [1.807, 2.05) is 30.3 Å². The summed E-state index contributed by atoms with van der Waals surface area (Å²) in [6.07, 6.45) is 1.29. The normalized spacial score (nSPS) is 10.9. The minimum Gasteiger partial charge on any atom is -0.493 e. The van der Waals surface area contributed by atoms with Crippen molar-refractivity contribution < 1.29 is 24.0 Å². The lowest BCUT2D eigenvalue weighted by Gasteiger charge is -2.11. The second-order valence-electron chi connectivity index (χ2n) is 7.87. The quantitative estimate of drug-likeness (QED) is 0.0758. The Labute approximate surface area is 221 Å². The second kappa shape index (κ2) is 11.2. The zero-order valence-electron chi connectivity index (χ0n) is 19.8. The van der Waals surface area contributed by atoms with E-state index in [1.54, 1.807) is 24.3 Å². The highest BCUT2D eigenvalue weighted by Gasteiger charge is 2.18. The summed E-state index contributed by atoms with van der Waals surface area (Å²) in [7, 11) is 1.42. The second-order valence-corrected chi connectivity index (χ2v) is 8.28. The predicted octanol–water partition coefficient (Wildman–Crippen LogP) is 6.17. The fourth-order valence-electron chi connectivity index (χ4n) is 3.67. The van der Waals surface area contributed by atoms with Gasteiger partial charge < -0.3 is 14.8 Å². The lowest BCUT2D eigenvalue weighted by molar-refractivity contribution is -0.384. The Balaban J connectivity index is 1.60. The molecule has 0 saturated heterocycles. The predicted molar refractivity (Wildman–Crippen MR) is 142 cm³/mol. The topological polar surface area (TPSA) is 132 Å². The zero-order valence-corrected chi connectivity index (χ0v) is 20.6. The van der Waals surface area contributed by atoms with Crippen molar-refractivity contribution in [2.24, 2.45) is 0 Å². The van der Waals surface area contributed by atoms with Gasteiger partial charge in [-0.1, -0.05) is 54.1 Å². The Hall–Kier alpha value is -5.20. The Morgan fingerprint density at radius 3 is 2.53 bits per heavy atom. The van der Waals surface area contributed by atoms with E-state index in [2.05, 4.69) is 5.32 Å². The lowest BCUT2D eigenvalue weighted by Crippen LogP contribution is -2.13. The molecule has 1 N–H and O–H groups in total. The van der Waals surface area contributed by atoms with Gasteiger partial charge in [0.25, 0.3) is 11.6 Å². The van der Waals surface area contributed by atoms with Crippen LogP contribution in [0.15, 0.2) is 84.4 Å². The van der Waals surface area contributed by atoms with Crippen LogP contribution in [0.5, 0.6) is 11.5 Å². The number of hydrogen-bond donors (Lipinski definition) is 1. The highest BCUT2D eigenvalue weighted by Crippen LogP contribution is 2.31. The van der Waals surface area contributed by atoms with Crippen LogP contribution >= 0.6 is 11.6 Å². The largest absolute Gasteiger partial charge is 0.493 e. The molecule has 4 rings (SSSR count). The number of nitrogens with one attached hydrogen (secondary N) is 1. The van der Waals surface area contributed by atoms with Crippen LogP contribution in [0.4, 0.5) is 11.4 Å². The van der Waals surface area contributed by atoms with Crippen LogP contribution in [0.1, 0.15) is 15.9 Å². The van der Waals surface area contributed by atoms with Crippen molar-refractivity contribution in [1.82, 2.24) is 0 Å². The van der Waals surface area contributed by atoms with E-state index in [4.69, 9.17) is 21.1 Å². The molecule has 0 atom stereocenters. The van der Waals surface area contributed by atoms with Crippen molar-refractivity contribution in [3.05, 3.63) is 111 Å². The number of halogens is 1. The number of anilines is 1. The number of rotatable bonds is 7. The first-order valence-corrected chi connectivity index (χ1v) is 11.4. The maximum atomic E-state index is 13.0. The fraction of sp³-hybridized carbons (Fsp3) is 0.0357. The summed E-state index contributed by atoms with van der Waals surface area (Å²) in [6, 6.07) is 22.8. The Morgan fingerprint density at radius 1 is 1.03 bits per heavy atom. The van der Waals surface area contributed by atoms with E-state index in [-0.39, 0.29) is 33.5 Å². The number of nitro benzene ring substituents is 1. The van der Waals surface area contributed by atoms with Crippen molar-refractivity contribution in [2.45, 2.75) is 0 Å². The van der Waals surface area contributed by atoms with Crippen LogP contribution in [-0.2, 0) is 4.79 Å². The van der Waals surface area contributed by atoms with E-state index in [0.29, 0.717) is 11.1 Å². The summed E-state index contributed by atoms with van der Waals surface area (Å²) < 4.78 is 11.0. The minimum atomic E-state index is -0.797. The number of methoxy groups -OCH3 is 1. The standard InChI is InChI=1S/C28H18ClN3O6/c1-37-25-12-9-17(13-19(16-30)27(33)31-20-10-11-23(29)24(15-20)32(35)36)14-26(25)38-28(34)22-8-4-6-18-5-2-3-7-21(18)22/h2-15H,1H3,(H,31,33)/b19-13+. The van der Waals surface area contributed by atoms with Gasteiger partial charge in [-0.2, -0.15) is 5.26 Å². The number of esters is 1. The van der Waals surface area contributed by atoms with Crippen molar-refractivity contribution >= 4 is 51.7 Å². The summed E-state index contributed by atoms with van der Waals surface area (Å²) in [6.45, 7) is 0. The zero-order chi connectivity index (χ0) is 27.2. The molecule has 0 bridgehead atoms. The molecule has 0 aliphatic rings. The monoisotopic (exact) mass is 527 g/mol. The van der Waals surface area contributed by atoms with Crippen LogP contribution in [-0.4, -0.2) is 23.9 Å². The fourth-order valence-corrected chi connectivity index (χ4v) is 3.85. The molecular formula is C28H18ClN3O6. The van der Waals surface area contributed by atoms with Crippen molar-refractivity contribution in [3.8, 4) is 17.6 Å². The first-order valence-electron chi connectivity index (χ1n) is 11.1. The number of nitrogens with zero attached hydrogens (tertiary/aromatic N) is 2. The van der Waals surface area contributed by atoms with E-state index < -0.39 is 16.8 Å². The number of fused-ring (bicyclic) bond motifs is 1. The molecule has 1 amide bonds. The highest BCUT2D eigenvalue weighted by atomic mass is 35.5. The van der Waals surface area contributed by atoms with Gasteiger partial charge in [0.1, 0.15) is 16.7 Å². The average molecular weight is 528 g/mol.